The van der Waals surface area contributed by atoms with Gasteiger partial charge in [0, 0.05) is 24.7 Å². The van der Waals surface area contributed by atoms with Crippen LogP contribution < -0.4 is 0 Å². The lowest BCUT2D eigenvalue weighted by molar-refractivity contribution is -0.213. The molecule has 2 bridgehead atoms. The zero-order chi connectivity index (χ0) is 20.5. The van der Waals surface area contributed by atoms with Gasteiger partial charge in [-0.2, -0.15) is 0 Å². The van der Waals surface area contributed by atoms with Gasteiger partial charge in [-0.3, -0.25) is 9.59 Å². The highest BCUT2D eigenvalue weighted by Crippen LogP contribution is 2.74. The van der Waals surface area contributed by atoms with Crippen LogP contribution in [0.25, 0.3) is 0 Å². The molecule has 1 spiro atoms. The molecule has 158 valence electrons. The Morgan fingerprint density at radius 1 is 1.21 bits per heavy atom. The van der Waals surface area contributed by atoms with Crippen molar-refractivity contribution in [3.05, 3.63) is 0 Å². The van der Waals surface area contributed by atoms with Crippen LogP contribution in [0.15, 0.2) is 0 Å². The van der Waals surface area contributed by atoms with Crippen molar-refractivity contribution in [2.45, 2.75) is 77.4 Å². The maximum absolute atomic E-state index is 13.3. The van der Waals surface area contributed by atoms with Crippen molar-refractivity contribution in [2.75, 3.05) is 13.2 Å². The number of carbonyl (C=O) groups is 2. The Morgan fingerprint density at radius 2 is 1.93 bits per heavy atom. The van der Waals surface area contributed by atoms with Crippen LogP contribution in [0.1, 0.15) is 65.7 Å². The number of hydrogen-bond acceptors (Lipinski definition) is 6. The van der Waals surface area contributed by atoms with Crippen molar-refractivity contribution in [2.24, 2.45) is 34.0 Å². The first-order chi connectivity index (χ1) is 13.0. The summed E-state index contributed by atoms with van der Waals surface area (Å²) in [7, 11) is 0. The molecule has 0 heterocycles. The summed E-state index contributed by atoms with van der Waals surface area (Å²) in [5.41, 5.74) is -2.18. The largest absolute Gasteiger partial charge is 0.463 e. The minimum absolute atomic E-state index is 0.0150. The van der Waals surface area contributed by atoms with Gasteiger partial charge in [-0.1, -0.05) is 13.8 Å². The summed E-state index contributed by atoms with van der Waals surface area (Å²) < 4.78 is 5.18. The van der Waals surface area contributed by atoms with Gasteiger partial charge in [0.05, 0.1) is 12.7 Å². The fraction of sp³-hybridized carbons (Fsp3) is 0.909. The maximum atomic E-state index is 13.3. The molecule has 6 heteroatoms. The first kappa shape index (κ1) is 20.3. The molecule has 4 saturated carbocycles. The van der Waals surface area contributed by atoms with E-state index in [-0.39, 0.29) is 53.6 Å². The van der Waals surface area contributed by atoms with Gasteiger partial charge in [0.2, 0.25) is 0 Å². The molecule has 8 atom stereocenters. The lowest BCUT2D eigenvalue weighted by Gasteiger charge is -2.65. The van der Waals surface area contributed by atoms with E-state index in [1.54, 1.807) is 0 Å². The van der Waals surface area contributed by atoms with Crippen LogP contribution in [0.4, 0.5) is 0 Å². The summed E-state index contributed by atoms with van der Waals surface area (Å²) in [5.74, 6) is -0.351. The third kappa shape index (κ3) is 2.43. The predicted molar refractivity (Wildman–Crippen MR) is 101 cm³/mol. The number of hydrogen-bond donors (Lipinski definition) is 3. The zero-order valence-electron chi connectivity index (χ0n) is 17.2. The van der Waals surface area contributed by atoms with Gasteiger partial charge in [-0.05, 0) is 61.2 Å². The number of ketones is 1. The van der Waals surface area contributed by atoms with Crippen molar-refractivity contribution in [1.29, 1.82) is 0 Å². The third-order valence-electron chi connectivity index (χ3n) is 9.49. The van der Waals surface area contributed by atoms with Gasteiger partial charge >= 0.3 is 5.97 Å². The molecule has 28 heavy (non-hydrogen) atoms. The molecular formula is C22H34O6. The summed E-state index contributed by atoms with van der Waals surface area (Å²) in [6, 6.07) is 0. The molecule has 0 amide bonds. The summed E-state index contributed by atoms with van der Waals surface area (Å²) >= 11 is 0. The number of carbonyl (C=O) groups excluding carboxylic acids is 2. The van der Waals surface area contributed by atoms with E-state index in [0.29, 0.717) is 19.3 Å². The number of esters is 1. The first-order valence-corrected chi connectivity index (χ1v) is 10.7. The van der Waals surface area contributed by atoms with Crippen molar-refractivity contribution in [3.63, 3.8) is 0 Å². The molecule has 6 nitrogen and oxygen atoms in total. The topological polar surface area (TPSA) is 104 Å². The molecule has 0 radical (unpaired) electrons. The van der Waals surface area contributed by atoms with E-state index >= 15 is 0 Å². The van der Waals surface area contributed by atoms with E-state index in [1.807, 2.05) is 6.92 Å². The highest BCUT2D eigenvalue weighted by atomic mass is 16.5. The molecule has 0 aliphatic heterocycles. The lowest BCUT2D eigenvalue weighted by atomic mass is 9.39. The molecule has 0 saturated heterocycles. The highest BCUT2D eigenvalue weighted by Gasteiger charge is 2.72. The van der Waals surface area contributed by atoms with Gasteiger partial charge in [0.1, 0.15) is 18.0 Å². The third-order valence-corrected chi connectivity index (χ3v) is 9.49. The molecule has 0 aromatic rings. The molecule has 0 aromatic carbocycles. The van der Waals surface area contributed by atoms with Crippen molar-refractivity contribution < 1.29 is 29.6 Å². The van der Waals surface area contributed by atoms with Gasteiger partial charge < -0.3 is 20.1 Å². The number of aliphatic hydroxyl groups excluding tert-OH is 2. The van der Waals surface area contributed by atoms with Gasteiger partial charge in [0.15, 0.2) is 0 Å². The van der Waals surface area contributed by atoms with Crippen LogP contribution in [-0.2, 0) is 14.3 Å². The molecular weight excluding hydrogens is 360 g/mol. The molecule has 4 rings (SSSR count). The maximum Gasteiger partial charge on any atom is 0.302 e. The Hall–Kier alpha value is -0.980. The van der Waals surface area contributed by atoms with E-state index in [9.17, 15) is 24.9 Å². The first-order valence-electron chi connectivity index (χ1n) is 10.7. The molecule has 4 fully saturated rings. The fourth-order valence-electron chi connectivity index (χ4n) is 7.95. The Kier molecular flexibility index (Phi) is 4.54. The number of rotatable bonds is 3. The van der Waals surface area contributed by atoms with E-state index in [0.717, 1.165) is 25.7 Å². The lowest BCUT2D eigenvalue weighted by Crippen LogP contribution is -2.66. The van der Waals surface area contributed by atoms with Gasteiger partial charge in [-0.25, -0.2) is 0 Å². The molecule has 4 aliphatic carbocycles. The average molecular weight is 395 g/mol. The molecule has 0 aromatic heterocycles. The number of Topliss-reactive ketones (excluding diaryl/α,β-unsaturated/α-hetero) is 1. The van der Waals surface area contributed by atoms with E-state index in [2.05, 4.69) is 6.92 Å². The summed E-state index contributed by atoms with van der Waals surface area (Å²) in [6.07, 6.45) is 4.12. The van der Waals surface area contributed by atoms with Crippen LogP contribution in [0.5, 0.6) is 0 Å². The zero-order valence-corrected chi connectivity index (χ0v) is 17.2. The SMILES string of the molecule is CC(=O)OCC1(O)CCC23CC1CC2CC(=O)C1C(C)(CO)C(O)CCC13C. The molecule has 8 unspecified atom stereocenters. The number of aliphatic hydroxyl groups is 3. The smallest absolute Gasteiger partial charge is 0.302 e. The highest BCUT2D eigenvalue weighted by molar-refractivity contribution is 5.85. The quantitative estimate of drug-likeness (QED) is 0.631. The summed E-state index contributed by atoms with van der Waals surface area (Å²) in [5, 5.41) is 32.1. The van der Waals surface area contributed by atoms with E-state index in [4.69, 9.17) is 4.74 Å². The Balaban J connectivity index is 1.70. The van der Waals surface area contributed by atoms with Crippen LogP contribution in [-0.4, -0.2) is 52.0 Å². The van der Waals surface area contributed by atoms with Crippen LogP contribution in [0.2, 0.25) is 0 Å². The monoisotopic (exact) mass is 394 g/mol. The molecule has 4 aliphatic rings. The van der Waals surface area contributed by atoms with Gasteiger partial charge in [0.25, 0.3) is 0 Å². The average Bonchev–Trinajstić information content (AvgIpc) is 2.97. The second-order valence-corrected chi connectivity index (χ2v) is 10.6. The second kappa shape index (κ2) is 6.26. The summed E-state index contributed by atoms with van der Waals surface area (Å²) in [6.45, 7) is 5.24. The van der Waals surface area contributed by atoms with Crippen molar-refractivity contribution in [1.82, 2.24) is 0 Å². The standard InChI is InChI=1S/C22H34O6/c1-13(24)28-12-22(27)7-6-21-10-15(22)8-14(21)9-16(25)18-19(2,11-23)17(26)4-5-20(18,21)3/h14-15,17-18,23,26-27H,4-12H2,1-3H3. The van der Waals surface area contributed by atoms with Crippen LogP contribution in [0, 0.1) is 34.0 Å². The van der Waals surface area contributed by atoms with Crippen molar-refractivity contribution in [3.8, 4) is 0 Å². The van der Waals surface area contributed by atoms with Gasteiger partial charge in [-0.15, -0.1) is 0 Å². The molecule has 3 N–H and O–H groups in total. The van der Waals surface area contributed by atoms with Crippen LogP contribution >= 0.6 is 0 Å². The second-order valence-electron chi connectivity index (χ2n) is 10.6. The van der Waals surface area contributed by atoms with E-state index < -0.39 is 17.1 Å². The van der Waals surface area contributed by atoms with E-state index in [1.165, 1.54) is 6.92 Å². The number of fused-ring (bicyclic) bond motifs is 2. The fourth-order valence-corrected chi connectivity index (χ4v) is 7.95. The Morgan fingerprint density at radius 3 is 2.57 bits per heavy atom. The Bertz CT molecular complexity index is 693. The van der Waals surface area contributed by atoms with Crippen LogP contribution in [0.3, 0.4) is 0 Å². The normalized spacial score (nSPS) is 52.7. The predicted octanol–water partition coefficient (Wildman–Crippen LogP) is 1.84. The number of ether oxygens (including phenoxy) is 1. The minimum Gasteiger partial charge on any atom is -0.463 e. The summed E-state index contributed by atoms with van der Waals surface area (Å²) in [4.78, 5) is 24.6. The van der Waals surface area contributed by atoms with Crippen molar-refractivity contribution >= 4 is 11.8 Å². The minimum atomic E-state index is -1.02. The Labute approximate surface area is 166 Å².